The molecule has 102 valence electrons. The van der Waals surface area contributed by atoms with Crippen molar-refractivity contribution in [2.75, 3.05) is 32.0 Å². The van der Waals surface area contributed by atoms with E-state index in [2.05, 4.69) is 30.3 Å². The molecule has 19 heavy (non-hydrogen) atoms. The molecule has 1 N–H and O–H groups in total. The van der Waals surface area contributed by atoms with Gasteiger partial charge >= 0.3 is 0 Å². The Balaban J connectivity index is 2.01. The van der Waals surface area contributed by atoms with E-state index in [1.54, 1.807) is 6.07 Å². The number of anilines is 1. The van der Waals surface area contributed by atoms with Crippen LogP contribution < -0.4 is 5.32 Å². The Bertz CT molecular complexity index is 485. The molecule has 1 heterocycles. The maximum Gasteiger partial charge on any atom is 0.101 e. The first-order valence-corrected chi connectivity index (χ1v) is 7.02. The maximum absolute atomic E-state index is 9.12. The summed E-state index contributed by atoms with van der Waals surface area (Å²) in [7, 11) is 2.17. The largest absolute Gasteiger partial charge is 0.383 e. The molecule has 0 radical (unpaired) electrons. The fourth-order valence-corrected chi connectivity index (χ4v) is 2.58. The summed E-state index contributed by atoms with van der Waals surface area (Å²) in [4.78, 5) is 2.37. The number of benzene rings is 1. The van der Waals surface area contributed by atoms with Crippen LogP contribution in [0.1, 0.15) is 25.3 Å². The summed E-state index contributed by atoms with van der Waals surface area (Å²) in [6, 6.07) is 7.61. The second-order valence-corrected chi connectivity index (χ2v) is 6.21. The minimum Gasteiger partial charge on any atom is -0.383 e. The lowest BCUT2D eigenvalue weighted by Gasteiger charge is -2.38. The van der Waals surface area contributed by atoms with Crippen LogP contribution in [-0.4, -0.2) is 31.6 Å². The molecule has 2 rings (SSSR count). The number of hydrogen-bond donors (Lipinski definition) is 1. The molecule has 0 unspecified atom stereocenters. The number of hydrogen-bond acceptors (Lipinski definition) is 3. The smallest absolute Gasteiger partial charge is 0.101 e. The van der Waals surface area contributed by atoms with Crippen LogP contribution in [0.15, 0.2) is 18.2 Å². The molecular formula is C15H20ClN3. The topological polar surface area (TPSA) is 39.1 Å². The van der Waals surface area contributed by atoms with Gasteiger partial charge in [0.05, 0.1) is 11.3 Å². The molecule has 0 saturated carbocycles. The van der Waals surface area contributed by atoms with Gasteiger partial charge in [-0.3, -0.25) is 0 Å². The van der Waals surface area contributed by atoms with Crippen molar-refractivity contribution in [1.82, 2.24) is 4.90 Å². The number of rotatable bonds is 3. The molecule has 1 fully saturated rings. The Labute approximate surface area is 120 Å². The quantitative estimate of drug-likeness (QED) is 0.921. The highest BCUT2D eigenvalue weighted by Gasteiger charge is 2.28. The Morgan fingerprint density at radius 2 is 2.11 bits per heavy atom. The van der Waals surface area contributed by atoms with Crippen molar-refractivity contribution in [1.29, 1.82) is 5.26 Å². The van der Waals surface area contributed by atoms with E-state index in [-0.39, 0.29) is 0 Å². The van der Waals surface area contributed by atoms with Crippen molar-refractivity contribution in [3.8, 4) is 6.07 Å². The minimum absolute atomic E-state index is 0.304. The standard InChI is InChI=1S/C15H20ClN3/c1-15(5-7-19(2)8-6-15)11-18-14-4-3-13(16)9-12(14)10-17/h3-4,9,18H,5-8,11H2,1-2H3. The first kappa shape index (κ1) is 14.2. The monoisotopic (exact) mass is 277 g/mol. The normalized spacial score (nSPS) is 18.8. The van der Waals surface area contributed by atoms with Gasteiger partial charge in [0.1, 0.15) is 6.07 Å². The first-order chi connectivity index (χ1) is 9.02. The van der Waals surface area contributed by atoms with Gasteiger partial charge in [-0.05, 0) is 56.6 Å². The molecule has 3 nitrogen and oxygen atoms in total. The molecule has 0 aromatic heterocycles. The van der Waals surface area contributed by atoms with Crippen LogP contribution >= 0.6 is 11.6 Å². The predicted molar refractivity (Wildman–Crippen MR) is 79.5 cm³/mol. The molecular weight excluding hydrogens is 258 g/mol. The van der Waals surface area contributed by atoms with Crippen LogP contribution in [0.5, 0.6) is 0 Å². The van der Waals surface area contributed by atoms with Crippen LogP contribution in [0, 0.1) is 16.7 Å². The van der Waals surface area contributed by atoms with Crippen molar-refractivity contribution in [2.45, 2.75) is 19.8 Å². The third kappa shape index (κ3) is 3.62. The fourth-order valence-electron chi connectivity index (χ4n) is 2.41. The lowest BCUT2D eigenvalue weighted by Crippen LogP contribution is -2.40. The average Bonchev–Trinajstić information content (AvgIpc) is 2.41. The third-order valence-corrected chi connectivity index (χ3v) is 4.24. The van der Waals surface area contributed by atoms with Gasteiger partial charge in [0, 0.05) is 11.6 Å². The molecule has 0 aliphatic carbocycles. The highest BCUT2D eigenvalue weighted by atomic mass is 35.5. The van der Waals surface area contributed by atoms with Gasteiger partial charge in [0.15, 0.2) is 0 Å². The molecule has 0 amide bonds. The number of nitrogens with zero attached hydrogens (tertiary/aromatic N) is 2. The number of nitrogens with one attached hydrogen (secondary N) is 1. The van der Waals surface area contributed by atoms with Gasteiger partial charge in [-0.15, -0.1) is 0 Å². The van der Waals surface area contributed by atoms with Gasteiger partial charge in [0.2, 0.25) is 0 Å². The van der Waals surface area contributed by atoms with Crippen LogP contribution in [-0.2, 0) is 0 Å². The Morgan fingerprint density at radius 1 is 1.42 bits per heavy atom. The highest BCUT2D eigenvalue weighted by Crippen LogP contribution is 2.31. The fraction of sp³-hybridized carbons (Fsp3) is 0.533. The predicted octanol–water partition coefficient (Wildman–Crippen LogP) is 3.36. The molecule has 1 aliphatic heterocycles. The third-order valence-electron chi connectivity index (χ3n) is 4.00. The summed E-state index contributed by atoms with van der Waals surface area (Å²) in [5.41, 5.74) is 1.80. The molecule has 4 heteroatoms. The van der Waals surface area contributed by atoms with Gasteiger partial charge in [-0.25, -0.2) is 0 Å². The summed E-state index contributed by atoms with van der Waals surface area (Å²) in [5.74, 6) is 0. The summed E-state index contributed by atoms with van der Waals surface area (Å²) in [6.07, 6.45) is 2.37. The van der Waals surface area contributed by atoms with Crippen molar-refractivity contribution in [2.24, 2.45) is 5.41 Å². The van der Waals surface area contributed by atoms with Crippen molar-refractivity contribution < 1.29 is 0 Å². The molecule has 1 aliphatic rings. The minimum atomic E-state index is 0.304. The van der Waals surface area contributed by atoms with Crippen LogP contribution in [0.2, 0.25) is 5.02 Å². The first-order valence-electron chi connectivity index (χ1n) is 6.64. The summed E-state index contributed by atoms with van der Waals surface area (Å²) in [5, 5.41) is 13.1. The lowest BCUT2D eigenvalue weighted by molar-refractivity contribution is 0.150. The number of halogens is 1. The van der Waals surface area contributed by atoms with E-state index in [1.165, 1.54) is 12.8 Å². The zero-order valence-electron chi connectivity index (χ0n) is 11.5. The van der Waals surface area contributed by atoms with Crippen LogP contribution in [0.4, 0.5) is 5.69 Å². The number of nitriles is 1. The number of piperidine rings is 1. The summed E-state index contributed by atoms with van der Waals surface area (Å²) >= 11 is 5.90. The Kier molecular flexibility index (Phi) is 4.34. The second kappa shape index (κ2) is 5.81. The zero-order chi connectivity index (χ0) is 13.9. The summed E-state index contributed by atoms with van der Waals surface area (Å²) in [6.45, 7) is 5.50. The van der Waals surface area contributed by atoms with E-state index in [9.17, 15) is 0 Å². The van der Waals surface area contributed by atoms with E-state index >= 15 is 0 Å². The van der Waals surface area contributed by atoms with E-state index in [1.807, 2.05) is 12.1 Å². The van der Waals surface area contributed by atoms with Crippen molar-refractivity contribution in [3.05, 3.63) is 28.8 Å². The molecule has 0 bridgehead atoms. The Morgan fingerprint density at radius 3 is 2.74 bits per heavy atom. The van der Waals surface area contributed by atoms with E-state index in [0.717, 1.165) is 25.3 Å². The van der Waals surface area contributed by atoms with Crippen molar-refractivity contribution in [3.63, 3.8) is 0 Å². The zero-order valence-corrected chi connectivity index (χ0v) is 12.3. The van der Waals surface area contributed by atoms with Crippen LogP contribution in [0.25, 0.3) is 0 Å². The van der Waals surface area contributed by atoms with Crippen molar-refractivity contribution >= 4 is 17.3 Å². The van der Waals surface area contributed by atoms with E-state index in [0.29, 0.717) is 16.0 Å². The molecule has 0 spiro atoms. The second-order valence-electron chi connectivity index (χ2n) is 5.77. The summed E-state index contributed by atoms with van der Waals surface area (Å²) < 4.78 is 0. The molecule has 0 atom stereocenters. The average molecular weight is 278 g/mol. The maximum atomic E-state index is 9.12. The van der Waals surface area contributed by atoms with E-state index < -0.39 is 0 Å². The molecule has 1 aromatic rings. The number of likely N-dealkylation sites (tertiary alicyclic amines) is 1. The SMILES string of the molecule is CN1CCC(C)(CNc2ccc(Cl)cc2C#N)CC1. The van der Waals surface area contributed by atoms with Gasteiger partial charge in [-0.1, -0.05) is 18.5 Å². The molecule has 1 saturated heterocycles. The lowest BCUT2D eigenvalue weighted by atomic mass is 9.80. The van der Waals surface area contributed by atoms with Gasteiger partial charge in [-0.2, -0.15) is 5.26 Å². The van der Waals surface area contributed by atoms with Crippen LogP contribution in [0.3, 0.4) is 0 Å². The van der Waals surface area contributed by atoms with Gasteiger partial charge in [0.25, 0.3) is 0 Å². The van der Waals surface area contributed by atoms with Gasteiger partial charge < -0.3 is 10.2 Å². The Hall–Kier alpha value is -1.24. The van der Waals surface area contributed by atoms with E-state index in [4.69, 9.17) is 16.9 Å². The molecule has 1 aromatic carbocycles. The highest BCUT2D eigenvalue weighted by molar-refractivity contribution is 6.30.